The van der Waals surface area contributed by atoms with E-state index in [1.807, 2.05) is 31.2 Å². The van der Waals surface area contributed by atoms with Crippen LogP contribution in [-0.2, 0) is 0 Å². The van der Waals surface area contributed by atoms with Crippen molar-refractivity contribution in [2.75, 3.05) is 0 Å². The first-order valence-corrected chi connectivity index (χ1v) is 2.80. The highest BCUT2D eigenvalue weighted by Crippen LogP contribution is 2.03. The quantitative estimate of drug-likeness (QED) is 0.561. The molecule has 0 heterocycles. The summed E-state index contributed by atoms with van der Waals surface area (Å²) in [5.74, 6) is 0. The molecule has 2 heteroatoms. The topological polar surface area (TPSA) is 23.8 Å². The van der Waals surface area contributed by atoms with Crippen molar-refractivity contribution >= 4 is 12.4 Å². The van der Waals surface area contributed by atoms with Gasteiger partial charge in [0.05, 0.1) is 11.6 Å². The molecule has 0 aliphatic carbocycles. The smallest absolute Gasteiger partial charge is 0.0994 e. The van der Waals surface area contributed by atoms with Crippen molar-refractivity contribution in [2.24, 2.45) is 0 Å². The Morgan fingerprint density at radius 3 is 2.30 bits per heavy atom. The third kappa shape index (κ3) is 1.75. The van der Waals surface area contributed by atoms with E-state index in [1.54, 1.807) is 0 Å². The lowest BCUT2D eigenvalue weighted by Crippen LogP contribution is -1.77. The van der Waals surface area contributed by atoms with E-state index in [1.165, 1.54) is 0 Å². The first-order valence-electron chi connectivity index (χ1n) is 2.80. The SMILES string of the molecule is Cc1ccccc1C#N.Cl. The second-order valence-corrected chi connectivity index (χ2v) is 1.93. The molecule has 0 aromatic heterocycles. The monoisotopic (exact) mass is 153 g/mol. The largest absolute Gasteiger partial charge is 0.192 e. The number of hydrogen-bond acceptors (Lipinski definition) is 1. The molecule has 1 aromatic carbocycles. The van der Waals surface area contributed by atoms with Gasteiger partial charge in [0.1, 0.15) is 0 Å². The van der Waals surface area contributed by atoms with Crippen LogP contribution >= 0.6 is 12.4 Å². The predicted molar refractivity (Wildman–Crippen MR) is 43.1 cm³/mol. The zero-order chi connectivity index (χ0) is 6.69. The van der Waals surface area contributed by atoms with E-state index >= 15 is 0 Å². The van der Waals surface area contributed by atoms with Gasteiger partial charge in [-0.2, -0.15) is 5.26 Å². The molecule has 0 fully saturated rings. The van der Waals surface area contributed by atoms with E-state index in [2.05, 4.69) is 6.07 Å². The van der Waals surface area contributed by atoms with Crippen molar-refractivity contribution in [3.63, 3.8) is 0 Å². The summed E-state index contributed by atoms with van der Waals surface area (Å²) < 4.78 is 0. The summed E-state index contributed by atoms with van der Waals surface area (Å²) in [5.41, 5.74) is 1.80. The van der Waals surface area contributed by atoms with Gasteiger partial charge in [-0.3, -0.25) is 0 Å². The lowest BCUT2D eigenvalue weighted by atomic mass is 10.1. The molecule has 0 amide bonds. The van der Waals surface area contributed by atoms with Crippen LogP contribution in [0.25, 0.3) is 0 Å². The molecule has 0 N–H and O–H groups in total. The number of hydrogen-bond donors (Lipinski definition) is 0. The minimum Gasteiger partial charge on any atom is -0.192 e. The van der Waals surface area contributed by atoms with E-state index in [-0.39, 0.29) is 12.4 Å². The van der Waals surface area contributed by atoms with Gasteiger partial charge < -0.3 is 0 Å². The summed E-state index contributed by atoms with van der Waals surface area (Å²) in [5, 5.41) is 8.47. The molecule has 0 radical (unpaired) electrons. The molecule has 0 bridgehead atoms. The van der Waals surface area contributed by atoms with Gasteiger partial charge >= 0.3 is 0 Å². The van der Waals surface area contributed by atoms with Crippen molar-refractivity contribution in [1.82, 2.24) is 0 Å². The van der Waals surface area contributed by atoms with Gasteiger partial charge in [0, 0.05) is 0 Å². The highest BCUT2D eigenvalue weighted by atomic mass is 35.5. The summed E-state index contributed by atoms with van der Waals surface area (Å²) in [6.45, 7) is 1.93. The van der Waals surface area contributed by atoms with Crippen LogP contribution in [0.4, 0.5) is 0 Å². The summed E-state index contributed by atoms with van der Waals surface area (Å²) in [6.07, 6.45) is 0. The maximum Gasteiger partial charge on any atom is 0.0994 e. The van der Waals surface area contributed by atoms with E-state index in [0.717, 1.165) is 11.1 Å². The molecule has 0 aliphatic rings. The molecule has 0 saturated heterocycles. The standard InChI is InChI=1S/C8H7N.ClH/c1-7-4-2-3-5-8(7)6-9;/h2-5H,1H3;1H. The Hall–Kier alpha value is -1.00. The average molecular weight is 154 g/mol. The first kappa shape index (κ1) is 9.00. The summed E-state index contributed by atoms with van der Waals surface area (Å²) in [7, 11) is 0. The number of nitrogens with zero attached hydrogens (tertiary/aromatic N) is 1. The van der Waals surface area contributed by atoms with Crippen LogP contribution in [0, 0.1) is 18.3 Å². The number of benzene rings is 1. The average Bonchev–Trinajstić information content (AvgIpc) is 1.89. The lowest BCUT2D eigenvalue weighted by Gasteiger charge is -1.90. The van der Waals surface area contributed by atoms with Crippen molar-refractivity contribution in [3.05, 3.63) is 35.4 Å². The van der Waals surface area contributed by atoms with Crippen molar-refractivity contribution in [2.45, 2.75) is 6.92 Å². The van der Waals surface area contributed by atoms with Crippen molar-refractivity contribution in [1.29, 1.82) is 5.26 Å². The van der Waals surface area contributed by atoms with Gasteiger partial charge in [-0.25, -0.2) is 0 Å². The van der Waals surface area contributed by atoms with Gasteiger partial charge in [0.25, 0.3) is 0 Å². The summed E-state index contributed by atoms with van der Waals surface area (Å²) in [6, 6.07) is 9.63. The molecule has 10 heavy (non-hydrogen) atoms. The molecule has 1 aromatic rings. The Kier molecular flexibility index (Phi) is 3.53. The van der Waals surface area contributed by atoms with Crippen LogP contribution in [-0.4, -0.2) is 0 Å². The Morgan fingerprint density at radius 2 is 1.90 bits per heavy atom. The molecular weight excluding hydrogens is 146 g/mol. The Bertz CT molecular complexity index is 250. The Balaban J connectivity index is 0.000000810. The molecule has 1 nitrogen and oxygen atoms in total. The van der Waals surface area contributed by atoms with Crippen molar-refractivity contribution in [3.8, 4) is 6.07 Å². The van der Waals surface area contributed by atoms with Crippen LogP contribution in [0.2, 0.25) is 0 Å². The van der Waals surface area contributed by atoms with Gasteiger partial charge in [-0.15, -0.1) is 12.4 Å². The zero-order valence-electron chi connectivity index (χ0n) is 5.66. The normalized spacial score (nSPS) is 7.60. The van der Waals surface area contributed by atoms with Gasteiger partial charge in [0.15, 0.2) is 0 Å². The highest BCUT2D eigenvalue weighted by Gasteiger charge is 1.89. The zero-order valence-corrected chi connectivity index (χ0v) is 6.48. The maximum absolute atomic E-state index is 8.47. The van der Waals surface area contributed by atoms with Crippen LogP contribution in [0.1, 0.15) is 11.1 Å². The molecule has 52 valence electrons. The van der Waals surface area contributed by atoms with E-state index in [0.29, 0.717) is 0 Å². The fourth-order valence-corrected chi connectivity index (χ4v) is 0.698. The third-order valence-corrected chi connectivity index (χ3v) is 1.27. The maximum atomic E-state index is 8.47. The van der Waals surface area contributed by atoms with E-state index in [4.69, 9.17) is 5.26 Å². The Morgan fingerprint density at radius 1 is 1.30 bits per heavy atom. The minimum absolute atomic E-state index is 0. The number of nitriles is 1. The molecule has 0 unspecified atom stereocenters. The van der Waals surface area contributed by atoms with E-state index < -0.39 is 0 Å². The van der Waals surface area contributed by atoms with Gasteiger partial charge in [0.2, 0.25) is 0 Å². The van der Waals surface area contributed by atoms with Crippen LogP contribution in [0.3, 0.4) is 0 Å². The van der Waals surface area contributed by atoms with Gasteiger partial charge in [-0.1, -0.05) is 18.2 Å². The first-order chi connectivity index (χ1) is 4.34. The number of halogens is 1. The van der Waals surface area contributed by atoms with Crippen LogP contribution in [0.15, 0.2) is 24.3 Å². The van der Waals surface area contributed by atoms with Crippen LogP contribution < -0.4 is 0 Å². The van der Waals surface area contributed by atoms with Crippen LogP contribution in [0.5, 0.6) is 0 Å². The molecule has 0 atom stereocenters. The lowest BCUT2D eigenvalue weighted by molar-refractivity contribution is 1.39. The minimum atomic E-state index is 0. The third-order valence-electron chi connectivity index (χ3n) is 1.27. The molecule has 0 saturated carbocycles. The molecule has 0 spiro atoms. The van der Waals surface area contributed by atoms with Gasteiger partial charge in [-0.05, 0) is 18.6 Å². The Labute approximate surface area is 66.7 Å². The summed E-state index contributed by atoms with van der Waals surface area (Å²) >= 11 is 0. The molecule has 0 aliphatic heterocycles. The highest BCUT2D eigenvalue weighted by molar-refractivity contribution is 5.85. The second kappa shape index (κ2) is 3.92. The second-order valence-electron chi connectivity index (χ2n) is 1.93. The predicted octanol–water partition coefficient (Wildman–Crippen LogP) is 2.29. The molecular formula is C8H8ClN. The number of aryl methyl sites for hydroxylation is 1. The molecule has 1 rings (SSSR count). The van der Waals surface area contributed by atoms with Crippen molar-refractivity contribution < 1.29 is 0 Å². The fourth-order valence-electron chi connectivity index (χ4n) is 0.698. The fraction of sp³-hybridized carbons (Fsp3) is 0.125. The van der Waals surface area contributed by atoms with E-state index in [9.17, 15) is 0 Å². The number of rotatable bonds is 0. The summed E-state index contributed by atoms with van der Waals surface area (Å²) in [4.78, 5) is 0.